The summed E-state index contributed by atoms with van der Waals surface area (Å²) in [7, 11) is 0. The quantitative estimate of drug-likeness (QED) is 0.830. The molecule has 3 nitrogen and oxygen atoms in total. The molecule has 0 amide bonds. The highest BCUT2D eigenvalue weighted by Gasteiger charge is 2.13. The van der Waals surface area contributed by atoms with Gasteiger partial charge in [-0.2, -0.15) is 0 Å². The lowest BCUT2D eigenvalue weighted by Gasteiger charge is -2.29. The Bertz CT molecular complexity index is 321. The van der Waals surface area contributed by atoms with Gasteiger partial charge in [0.05, 0.1) is 5.69 Å². The molecule has 0 aliphatic rings. The molecular formula is C13H23N3. The summed E-state index contributed by atoms with van der Waals surface area (Å²) in [6.07, 6.45) is 0. The monoisotopic (exact) mass is 221 g/mol. The van der Waals surface area contributed by atoms with E-state index in [2.05, 4.69) is 43.6 Å². The van der Waals surface area contributed by atoms with Gasteiger partial charge in [0.2, 0.25) is 0 Å². The van der Waals surface area contributed by atoms with Crippen LogP contribution in [-0.2, 0) is 6.54 Å². The van der Waals surface area contributed by atoms with E-state index in [1.165, 1.54) is 0 Å². The Kier molecular flexibility index (Phi) is 4.74. The van der Waals surface area contributed by atoms with E-state index in [4.69, 9.17) is 5.73 Å². The van der Waals surface area contributed by atoms with Crippen LogP contribution in [0.5, 0.6) is 0 Å². The SMILES string of the molecule is CC(C)CN(c1cccc(CN)n1)C(C)C. The summed E-state index contributed by atoms with van der Waals surface area (Å²) < 4.78 is 0. The van der Waals surface area contributed by atoms with E-state index in [1.54, 1.807) is 0 Å². The molecular weight excluding hydrogens is 198 g/mol. The fourth-order valence-electron chi connectivity index (χ4n) is 1.70. The van der Waals surface area contributed by atoms with Crippen molar-refractivity contribution in [2.24, 2.45) is 11.7 Å². The largest absolute Gasteiger partial charge is 0.354 e. The molecule has 0 unspecified atom stereocenters. The Balaban J connectivity index is 2.91. The van der Waals surface area contributed by atoms with Gasteiger partial charge in [-0.1, -0.05) is 19.9 Å². The maximum absolute atomic E-state index is 5.62. The van der Waals surface area contributed by atoms with E-state index < -0.39 is 0 Å². The lowest BCUT2D eigenvalue weighted by atomic mass is 10.1. The molecule has 1 aromatic heterocycles. The first-order chi connectivity index (χ1) is 7.54. The molecule has 0 radical (unpaired) electrons. The predicted octanol–water partition coefficient (Wildman–Crippen LogP) is 2.41. The van der Waals surface area contributed by atoms with Crippen molar-refractivity contribution >= 4 is 5.82 Å². The third-order valence-corrected chi connectivity index (χ3v) is 2.48. The molecule has 0 saturated heterocycles. The van der Waals surface area contributed by atoms with Crippen LogP contribution in [0.1, 0.15) is 33.4 Å². The van der Waals surface area contributed by atoms with E-state index in [1.807, 2.05) is 12.1 Å². The van der Waals surface area contributed by atoms with Crippen molar-refractivity contribution in [2.45, 2.75) is 40.3 Å². The number of anilines is 1. The first kappa shape index (κ1) is 13.0. The van der Waals surface area contributed by atoms with Crippen molar-refractivity contribution in [1.29, 1.82) is 0 Å². The zero-order valence-corrected chi connectivity index (χ0v) is 10.8. The van der Waals surface area contributed by atoms with Gasteiger partial charge >= 0.3 is 0 Å². The van der Waals surface area contributed by atoms with Crippen LogP contribution in [0, 0.1) is 5.92 Å². The minimum absolute atomic E-state index is 0.461. The molecule has 0 aliphatic carbocycles. The maximum atomic E-state index is 5.62. The minimum atomic E-state index is 0.461. The summed E-state index contributed by atoms with van der Waals surface area (Å²) in [6, 6.07) is 6.52. The van der Waals surface area contributed by atoms with Gasteiger partial charge in [0.1, 0.15) is 5.82 Å². The number of hydrogen-bond donors (Lipinski definition) is 1. The summed E-state index contributed by atoms with van der Waals surface area (Å²) >= 11 is 0. The zero-order chi connectivity index (χ0) is 12.1. The van der Waals surface area contributed by atoms with Crippen molar-refractivity contribution < 1.29 is 0 Å². The topological polar surface area (TPSA) is 42.1 Å². The first-order valence-electron chi connectivity index (χ1n) is 5.97. The van der Waals surface area contributed by atoms with Crippen LogP contribution in [0.3, 0.4) is 0 Å². The maximum Gasteiger partial charge on any atom is 0.129 e. The third-order valence-electron chi connectivity index (χ3n) is 2.48. The average Bonchev–Trinajstić information content (AvgIpc) is 2.25. The Morgan fingerprint density at radius 2 is 1.94 bits per heavy atom. The van der Waals surface area contributed by atoms with Crippen LogP contribution in [0.25, 0.3) is 0 Å². The number of rotatable bonds is 5. The molecule has 0 bridgehead atoms. The summed E-state index contributed by atoms with van der Waals surface area (Å²) in [5.74, 6) is 1.66. The normalized spacial score (nSPS) is 11.2. The number of nitrogens with two attached hydrogens (primary N) is 1. The highest BCUT2D eigenvalue weighted by atomic mass is 15.2. The molecule has 0 aliphatic heterocycles. The highest BCUT2D eigenvalue weighted by Crippen LogP contribution is 2.16. The predicted molar refractivity (Wildman–Crippen MR) is 69.4 cm³/mol. The fraction of sp³-hybridized carbons (Fsp3) is 0.615. The van der Waals surface area contributed by atoms with Gasteiger partial charge in [0.25, 0.3) is 0 Å². The molecule has 0 saturated carbocycles. The van der Waals surface area contributed by atoms with Crippen molar-refractivity contribution in [1.82, 2.24) is 4.98 Å². The Morgan fingerprint density at radius 3 is 2.44 bits per heavy atom. The number of nitrogens with zero attached hydrogens (tertiary/aromatic N) is 2. The molecule has 0 spiro atoms. The summed E-state index contributed by atoms with van der Waals surface area (Å²) in [4.78, 5) is 6.89. The molecule has 1 aromatic rings. The summed E-state index contributed by atoms with van der Waals surface area (Å²) in [5.41, 5.74) is 6.57. The number of hydrogen-bond acceptors (Lipinski definition) is 3. The van der Waals surface area contributed by atoms with Gasteiger partial charge in [-0.15, -0.1) is 0 Å². The van der Waals surface area contributed by atoms with Crippen molar-refractivity contribution in [2.75, 3.05) is 11.4 Å². The molecule has 2 N–H and O–H groups in total. The van der Waals surface area contributed by atoms with Crippen molar-refractivity contribution in [3.63, 3.8) is 0 Å². The smallest absolute Gasteiger partial charge is 0.129 e. The number of aromatic nitrogens is 1. The van der Waals surface area contributed by atoms with E-state index in [0.29, 0.717) is 18.5 Å². The lowest BCUT2D eigenvalue weighted by molar-refractivity contribution is 0.565. The molecule has 1 rings (SSSR count). The lowest BCUT2D eigenvalue weighted by Crippen LogP contribution is -2.35. The van der Waals surface area contributed by atoms with E-state index in [9.17, 15) is 0 Å². The highest BCUT2D eigenvalue weighted by molar-refractivity contribution is 5.40. The van der Waals surface area contributed by atoms with Gasteiger partial charge in [0, 0.05) is 19.1 Å². The standard InChI is InChI=1S/C13H23N3/c1-10(2)9-16(11(3)4)13-7-5-6-12(8-14)15-13/h5-7,10-11H,8-9,14H2,1-4H3. The van der Waals surface area contributed by atoms with Crippen molar-refractivity contribution in [3.05, 3.63) is 23.9 Å². The fourth-order valence-corrected chi connectivity index (χ4v) is 1.70. The second-order valence-corrected chi connectivity index (χ2v) is 4.83. The van der Waals surface area contributed by atoms with E-state index in [-0.39, 0.29) is 0 Å². The number of pyridine rings is 1. The Morgan fingerprint density at radius 1 is 1.25 bits per heavy atom. The molecule has 0 fully saturated rings. The van der Waals surface area contributed by atoms with Crippen molar-refractivity contribution in [3.8, 4) is 0 Å². The zero-order valence-electron chi connectivity index (χ0n) is 10.8. The summed E-state index contributed by atoms with van der Waals surface area (Å²) in [6.45, 7) is 10.4. The second-order valence-electron chi connectivity index (χ2n) is 4.83. The van der Waals surface area contributed by atoms with Crippen LogP contribution >= 0.6 is 0 Å². The van der Waals surface area contributed by atoms with Crippen LogP contribution in [0.15, 0.2) is 18.2 Å². The molecule has 0 aromatic carbocycles. The third kappa shape index (κ3) is 3.49. The molecule has 90 valence electrons. The van der Waals surface area contributed by atoms with Gasteiger partial charge in [-0.3, -0.25) is 0 Å². The Labute approximate surface area is 98.7 Å². The molecule has 0 atom stereocenters. The van der Waals surface area contributed by atoms with Crippen LogP contribution in [0.4, 0.5) is 5.82 Å². The summed E-state index contributed by atoms with van der Waals surface area (Å²) in [5, 5.41) is 0. The molecule has 1 heterocycles. The first-order valence-corrected chi connectivity index (χ1v) is 5.97. The van der Waals surface area contributed by atoms with Gasteiger partial charge in [0.15, 0.2) is 0 Å². The van der Waals surface area contributed by atoms with E-state index >= 15 is 0 Å². The molecule has 3 heteroatoms. The molecule has 16 heavy (non-hydrogen) atoms. The Hall–Kier alpha value is -1.09. The van der Waals surface area contributed by atoms with Crippen LogP contribution in [-0.4, -0.2) is 17.6 Å². The minimum Gasteiger partial charge on any atom is -0.354 e. The van der Waals surface area contributed by atoms with Gasteiger partial charge in [-0.05, 0) is 31.9 Å². The van der Waals surface area contributed by atoms with Gasteiger partial charge < -0.3 is 10.6 Å². The average molecular weight is 221 g/mol. The van der Waals surface area contributed by atoms with Crippen LogP contribution in [0.2, 0.25) is 0 Å². The second kappa shape index (κ2) is 5.85. The van der Waals surface area contributed by atoms with Crippen LogP contribution < -0.4 is 10.6 Å². The van der Waals surface area contributed by atoms with Gasteiger partial charge in [-0.25, -0.2) is 4.98 Å². The van der Waals surface area contributed by atoms with E-state index in [0.717, 1.165) is 18.1 Å².